The number of hydrogen-bond acceptors (Lipinski definition) is 6. The molecule has 1 aliphatic carbocycles. The summed E-state index contributed by atoms with van der Waals surface area (Å²) in [4.78, 5) is 24.5. The SMILES string of the molecule is O=C(O)[C@@H]1C[C@H](Oc2cc(Br)ccc2-c2cc(=O)c3cccc(Cl)c3o2)CN1S(=O)(=O)C1CC1. The average Bonchev–Trinajstić information content (AvgIpc) is 3.55. The number of rotatable bonds is 6. The summed E-state index contributed by atoms with van der Waals surface area (Å²) in [6.45, 7) is -0.0742. The lowest BCUT2D eigenvalue weighted by atomic mass is 10.1. The first-order chi connectivity index (χ1) is 16.1. The van der Waals surface area contributed by atoms with Crippen molar-refractivity contribution < 1.29 is 27.5 Å². The van der Waals surface area contributed by atoms with Crippen LogP contribution in [0.25, 0.3) is 22.3 Å². The molecule has 3 aromatic rings. The fourth-order valence-electron chi connectivity index (χ4n) is 4.17. The van der Waals surface area contributed by atoms with E-state index in [1.54, 1.807) is 36.4 Å². The van der Waals surface area contributed by atoms with Gasteiger partial charge in [0.1, 0.15) is 23.7 Å². The predicted octanol–water partition coefficient (Wildman–Crippen LogP) is 4.27. The van der Waals surface area contributed by atoms with E-state index in [0.29, 0.717) is 34.0 Å². The molecule has 34 heavy (non-hydrogen) atoms. The Kier molecular flexibility index (Phi) is 5.96. The average molecular weight is 569 g/mol. The van der Waals surface area contributed by atoms with Crippen LogP contribution in [0.1, 0.15) is 19.3 Å². The fraction of sp³-hybridized carbons (Fsp3) is 0.304. The maximum atomic E-state index is 12.8. The molecule has 2 aliphatic rings. The fourth-order valence-corrected chi connectivity index (χ4v) is 6.74. The van der Waals surface area contributed by atoms with E-state index in [9.17, 15) is 23.1 Å². The molecule has 11 heteroatoms. The van der Waals surface area contributed by atoms with Crippen LogP contribution in [0.3, 0.4) is 0 Å². The Morgan fingerprint density at radius 1 is 1.21 bits per heavy atom. The third-order valence-electron chi connectivity index (χ3n) is 5.98. The maximum Gasteiger partial charge on any atom is 0.322 e. The van der Waals surface area contributed by atoms with Gasteiger partial charge in [-0.15, -0.1) is 0 Å². The van der Waals surface area contributed by atoms with E-state index in [0.717, 1.165) is 4.31 Å². The molecule has 1 saturated heterocycles. The first kappa shape index (κ1) is 23.3. The smallest absolute Gasteiger partial charge is 0.322 e. The van der Waals surface area contributed by atoms with Crippen molar-refractivity contribution in [3.05, 3.63) is 62.2 Å². The zero-order chi connectivity index (χ0) is 24.2. The van der Waals surface area contributed by atoms with Crippen molar-refractivity contribution in [3.63, 3.8) is 0 Å². The monoisotopic (exact) mass is 567 g/mol. The second-order valence-corrected chi connectivity index (χ2v) is 11.9. The van der Waals surface area contributed by atoms with E-state index >= 15 is 0 Å². The van der Waals surface area contributed by atoms with Gasteiger partial charge in [-0.1, -0.05) is 33.6 Å². The molecular formula is C23H19BrClNO7S. The van der Waals surface area contributed by atoms with Crippen LogP contribution >= 0.6 is 27.5 Å². The van der Waals surface area contributed by atoms with Gasteiger partial charge in [0.2, 0.25) is 10.0 Å². The van der Waals surface area contributed by atoms with E-state index in [2.05, 4.69) is 15.9 Å². The largest absolute Gasteiger partial charge is 0.488 e. The molecule has 2 atom stereocenters. The minimum atomic E-state index is -3.70. The number of para-hydroxylation sites is 1. The van der Waals surface area contributed by atoms with E-state index in [1.165, 1.54) is 6.07 Å². The highest BCUT2D eigenvalue weighted by Crippen LogP contribution is 2.39. The number of hydrogen-bond donors (Lipinski definition) is 1. The third-order valence-corrected chi connectivity index (χ3v) is 9.15. The number of carboxylic acid groups (broad SMARTS) is 1. The number of sulfonamides is 1. The normalized spacial score (nSPS) is 21.1. The second-order valence-electron chi connectivity index (χ2n) is 8.38. The lowest BCUT2D eigenvalue weighted by Crippen LogP contribution is -2.42. The van der Waals surface area contributed by atoms with Crippen molar-refractivity contribution in [2.75, 3.05) is 6.54 Å². The summed E-state index contributed by atoms with van der Waals surface area (Å²) in [5.74, 6) is -0.660. The number of carboxylic acids is 1. The van der Waals surface area contributed by atoms with Crippen LogP contribution in [0.2, 0.25) is 5.02 Å². The summed E-state index contributed by atoms with van der Waals surface area (Å²) < 4.78 is 39.4. The molecule has 1 aromatic heterocycles. The molecule has 0 radical (unpaired) electrons. The summed E-state index contributed by atoms with van der Waals surface area (Å²) in [6.07, 6.45) is 0.380. The Morgan fingerprint density at radius 2 is 1.97 bits per heavy atom. The Morgan fingerprint density at radius 3 is 2.68 bits per heavy atom. The van der Waals surface area contributed by atoms with Crippen molar-refractivity contribution >= 4 is 54.5 Å². The van der Waals surface area contributed by atoms with Crippen LogP contribution in [0.15, 0.2) is 56.1 Å². The highest BCUT2D eigenvalue weighted by atomic mass is 79.9. The number of ether oxygens (including phenoxy) is 1. The van der Waals surface area contributed by atoms with Gasteiger partial charge in [0.05, 0.1) is 27.8 Å². The van der Waals surface area contributed by atoms with Crippen molar-refractivity contribution in [2.24, 2.45) is 0 Å². The molecule has 0 spiro atoms. The molecule has 1 N–H and O–H groups in total. The van der Waals surface area contributed by atoms with Gasteiger partial charge in [0, 0.05) is 17.0 Å². The highest BCUT2D eigenvalue weighted by Gasteiger charge is 2.50. The van der Waals surface area contributed by atoms with E-state index in [1.807, 2.05) is 0 Å². The number of benzene rings is 2. The number of nitrogens with zero attached hydrogens (tertiary/aromatic N) is 1. The van der Waals surface area contributed by atoms with Gasteiger partial charge in [0.15, 0.2) is 11.0 Å². The van der Waals surface area contributed by atoms with Crippen LogP contribution in [-0.2, 0) is 14.8 Å². The summed E-state index contributed by atoms with van der Waals surface area (Å²) in [7, 11) is -3.70. The number of carbonyl (C=O) groups is 1. The maximum absolute atomic E-state index is 12.8. The molecule has 0 unspecified atom stereocenters. The quantitative estimate of drug-likeness (QED) is 0.472. The molecule has 2 fully saturated rings. The molecule has 8 nitrogen and oxygen atoms in total. The molecule has 0 amide bonds. The van der Waals surface area contributed by atoms with Crippen LogP contribution in [-0.4, -0.2) is 47.7 Å². The van der Waals surface area contributed by atoms with E-state index < -0.39 is 33.4 Å². The standard InChI is InChI=1S/C23H19BrClNO7S/c24-12-4-7-16(21-10-19(27)15-2-1-3-17(25)22(15)33-21)20(8-12)32-13-9-18(23(28)29)26(11-13)34(30,31)14-5-6-14/h1-4,7-8,10,13-14,18H,5-6,9,11H2,(H,28,29)/t13-,18-/m0/s1. The van der Waals surface area contributed by atoms with Crippen molar-refractivity contribution in [1.29, 1.82) is 0 Å². The molecule has 2 aromatic carbocycles. The first-order valence-corrected chi connectivity index (χ1v) is 13.2. The molecule has 178 valence electrons. The van der Waals surface area contributed by atoms with E-state index in [4.69, 9.17) is 20.8 Å². The van der Waals surface area contributed by atoms with Crippen LogP contribution in [0, 0.1) is 0 Å². The Labute approximate surface area is 208 Å². The molecule has 1 aliphatic heterocycles. The van der Waals surface area contributed by atoms with Gasteiger partial charge < -0.3 is 14.3 Å². The minimum absolute atomic E-state index is 0.000728. The zero-order valence-corrected chi connectivity index (χ0v) is 20.8. The van der Waals surface area contributed by atoms with Gasteiger partial charge >= 0.3 is 5.97 Å². The number of halogens is 2. The van der Waals surface area contributed by atoms with Crippen LogP contribution in [0.5, 0.6) is 5.75 Å². The van der Waals surface area contributed by atoms with Crippen LogP contribution in [0.4, 0.5) is 0 Å². The van der Waals surface area contributed by atoms with Gasteiger partial charge in [-0.2, -0.15) is 4.31 Å². The Balaban J connectivity index is 1.51. The Hall–Kier alpha value is -2.40. The molecule has 1 saturated carbocycles. The van der Waals surface area contributed by atoms with Gasteiger partial charge in [-0.05, 0) is 43.2 Å². The van der Waals surface area contributed by atoms with Gasteiger partial charge in [-0.25, -0.2) is 8.42 Å². The van der Waals surface area contributed by atoms with Crippen molar-refractivity contribution in [3.8, 4) is 17.1 Å². The molecule has 2 heterocycles. The van der Waals surface area contributed by atoms with Gasteiger partial charge in [0.25, 0.3) is 0 Å². The second kappa shape index (κ2) is 8.67. The lowest BCUT2D eigenvalue weighted by molar-refractivity contribution is -0.140. The first-order valence-electron chi connectivity index (χ1n) is 10.6. The van der Waals surface area contributed by atoms with Gasteiger partial charge in [-0.3, -0.25) is 9.59 Å². The summed E-state index contributed by atoms with van der Waals surface area (Å²) in [6, 6.07) is 10.2. The number of fused-ring (bicyclic) bond motifs is 1. The molecule has 5 rings (SSSR count). The summed E-state index contributed by atoms with van der Waals surface area (Å²) in [5, 5.41) is 9.75. The topological polar surface area (TPSA) is 114 Å². The predicted molar refractivity (Wildman–Crippen MR) is 130 cm³/mol. The van der Waals surface area contributed by atoms with Crippen LogP contribution < -0.4 is 10.2 Å². The van der Waals surface area contributed by atoms with E-state index in [-0.39, 0.29) is 34.8 Å². The van der Waals surface area contributed by atoms with Crippen molar-refractivity contribution in [1.82, 2.24) is 4.31 Å². The summed E-state index contributed by atoms with van der Waals surface area (Å²) >= 11 is 9.63. The molecule has 0 bridgehead atoms. The number of aliphatic carboxylic acids is 1. The lowest BCUT2D eigenvalue weighted by Gasteiger charge is -2.20. The summed E-state index contributed by atoms with van der Waals surface area (Å²) in [5.41, 5.74) is 0.424. The molecular weight excluding hydrogens is 550 g/mol. The zero-order valence-electron chi connectivity index (χ0n) is 17.6. The van der Waals surface area contributed by atoms with Crippen molar-refractivity contribution in [2.45, 2.75) is 36.7 Å². The Bertz CT molecular complexity index is 1470. The third kappa shape index (κ3) is 4.24. The highest BCUT2D eigenvalue weighted by molar-refractivity contribution is 9.10. The minimum Gasteiger partial charge on any atom is -0.488 e.